The predicted molar refractivity (Wildman–Crippen MR) is 121 cm³/mol. The topological polar surface area (TPSA) is 130 Å². The average Bonchev–Trinajstić information content (AvgIpc) is 2.75. The van der Waals surface area contributed by atoms with Crippen molar-refractivity contribution in [3.8, 4) is 5.69 Å². The third-order valence-corrected chi connectivity index (χ3v) is 6.14. The lowest BCUT2D eigenvalue weighted by atomic mass is 10.2. The van der Waals surface area contributed by atoms with E-state index >= 15 is 0 Å². The van der Waals surface area contributed by atoms with Gasteiger partial charge in [0.2, 0.25) is 0 Å². The van der Waals surface area contributed by atoms with Crippen LogP contribution in [0.4, 0.5) is 10.5 Å². The van der Waals surface area contributed by atoms with Crippen LogP contribution in [0.2, 0.25) is 5.02 Å². The first-order valence-corrected chi connectivity index (χ1v) is 11.0. The largest absolute Gasteiger partial charge is 0.333 e. The van der Waals surface area contributed by atoms with Gasteiger partial charge in [0.25, 0.3) is 15.6 Å². The lowest BCUT2D eigenvalue weighted by Gasteiger charge is -2.10. The summed E-state index contributed by atoms with van der Waals surface area (Å²) in [6, 6.07) is 16.8. The van der Waals surface area contributed by atoms with Crippen LogP contribution < -0.4 is 21.3 Å². The molecule has 3 aromatic carbocycles. The smallest absolute Gasteiger partial charge is 0.307 e. The van der Waals surface area contributed by atoms with Crippen LogP contribution in [-0.4, -0.2) is 24.0 Å². The summed E-state index contributed by atoms with van der Waals surface area (Å²) in [6.07, 6.45) is 0. The van der Waals surface area contributed by atoms with Gasteiger partial charge < -0.3 is 10.3 Å². The molecule has 4 rings (SSSR count). The lowest BCUT2D eigenvalue weighted by Crippen LogP contribution is -2.34. The molecule has 0 spiro atoms. The Morgan fingerprint density at radius 1 is 0.906 bits per heavy atom. The number of para-hydroxylation sites is 1. The molecule has 0 aliphatic heterocycles. The van der Waals surface area contributed by atoms with Crippen molar-refractivity contribution in [2.45, 2.75) is 4.90 Å². The summed E-state index contributed by atoms with van der Waals surface area (Å²) in [5.74, 6) is 0. The molecule has 0 saturated carbocycles. The summed E-state index contributed by atoms with van der Waals surface area (Å²) in [5.41, 5.74) is -0.141. The van der Waals surface area contributed by atoms with Gasteiger partial charge in [0, 0.05) is 10.7 Å². The van der Waals surface area contributed by atoms with Gasteiger partial charge >= 0.3 is 11.7 Å². The van der Waals surface area contributed by atoms with E-state index in [0.29, 0.717) is 15.9 Å². The van der Waals surface area contributed by atoms with E-state index in [-0.39, 0.29) is 16.3 Å². The van der Waals surface area contributed by atoms with Crippen LogP contribution in [0, 0.1) is 0 Å². The molecule has 0 radical (unpaired) electrons. The third-order valence-electron chi connectivity index (χ3n) is 4.54. The molecule has 2 amide bonds. The van der Waals surface area contributed by atoms with E-state index in [0.717, 1.165) is 4.57 Å². The number of anilines is 1. The van der Waals surface area contributed by atoms with Crippen molar-refractivity contribution < 1.29 is 13.2 Å². The minimum Gasteiger partial charge on any atom is -0.307 e. The van der Waals surface area contributed by atoms with E-state index in [1.54, 1.807) is 24.3 Å². The lowest BCUT2D eigenvalue weighted by molar-refractivity contribution is 0.256. The van der Waals surface area contributed by atoms with Crippen LogP contribution >= 0.6 is 11.6 Å². The van der Waals surface area contributed by atoms with Gasteiger partial charge in [-0.05, 0) is 60.7 Å². The van der Waals surface area contributed by atoms with E-state index < -0.39 is 27.3 Å². The number of nitrogens with one attached hydrogen (secondary N) is 3. The number of nitrogens with zero attached hydrogens (tertiary/aromatic N) is 1. The molecule has 0 aliphatic rings. The highest BCUT2D eigenvalue weighted by Crippen LogP contribution is 2.15. The molecular formula is C21H15ClN4O5S. The normalized spacial score (nSPS) is 11.3. The van der Waals surface area contributed by atoms with Crippen molar-refractivity contribution in [2.75, 3.05) is 5.32 Å². The number of sulfonamides is 1. The Morgan fingerprint density at radius 3 is 2.25 bits per heavy atom. The number of urea groups is 1. The van der Waals surface area contributed by atoms with Gasteiger partial charge in [0.1, 0.15) is 0 Å². The number of rotatable bonds is 4. The maximum absolute atomic E-state index is 12.7. The van der Waals surface area contributed by atoms with Gasteiger partial charge in [0.05, 0.1) is 21.5 Å². The Labute approximate surface area is 186 Å². The molecule has 0 bridgehead atoms. The highest BCUT2D eigenvalue weighted by molar-refractivity contribution is 7.90. The molecule has 1 heterocycles. The molecule has 0 unspecified atom stereocenters. The molecule has 0 saturated heterocycles. The molecule has 3 N–H and O–H groups in total. The molecule has 9 nitrogen and oxygen atoms in total. The summed E-state index contributed by atoms with van der Waals surface area (Å²) in [7, 11) is -4.09. The summed E-state index contributed by atoms with van der Waals surface area (Å²) >= 11 is 5.74. The summed E-state index contributed by atoms with van der Waals surface area (Å²) in [5, 5.41) is 3.10. The van der Waals surface area contributed by atoms with Gasteiger partial charge in [-0.15, -0.1) is 0 Å². The quantitative estimate of drug-likeness (QED) is 0.422. The molecule has 0 aliphatic carbocycles. The molecule has 0 atom stereocenters. The fourth-order valence-corrected chi connectivity index (χ4v) is 4.08. The van der Waals surface area contributed by atoms with Crippen molar-refractivity contribution in [2.24, 2.45) is 0 Å². The van der Waals surface area contributed by atoms with Gasteiger partial charge in [0.15, 0.2) is 0 Å². The Bertz CT molecular complexity index is 1540. The number of hydrogen-bond donors (Lipinski definition) is 3. The van der Waals surface area contributed by atoms with Crippen molar-refractivity contribution in [1.29, 1.82) is 0 Å². The number of aromatic amines is 1. The number of carbonyl (C=O) groups excluding carboxylic acids is 1. The molecule has 162 valence electrons. The highest BCUT2D eigenvalue weighted by atomic mass is 35.5. The zero-order chi connectivity index (χ0) is 22.9. The predicted octanol–water partition coefficient (Wildman–Crippen LogP) is 2.84. The standard InChI is InChI=1S/C21H15ClN4O5S/c22-13-5-11-16(12-6-13)32(30,31)25-20(28)23-14-7-9-15(10-8-14)26-19(27)17-3-1-2-4-18(17)24-21(26)29/h1-12H,(H,24,29)(H2,23,25,28). The van der Waals surface area contributed by atoms with Crippen LogP contribution in [0.25, 0.3) is 16.6 Å². The number of aromatic nitrogens is 2. The number of amides is 2. The number of benzene rings is 3. The molecule has 4 aromatic rings. The van der Waals surface area contributed by atoms with Crippen molar-refractivity contribution in [1.82, 2.24) is 14.3 Å². The first kappa shape index (κ1) is 21.3. The van der Waals surface area contributed by atoms with E-state index in [4.69, 9.17) is 11.6 Å². The van der Waals surface area contributed by atoms with Crippen molar-refractivity contribution >= 4 is 44.2 Å². The Balaban J connectivity index is 1.54. The summed E-state index contributed by atoms with van der Waals surface area (Å²) in [4.78, 5) is 39.8. The molecule has 32 heavy (non-hydrogen) atoms. The second kappa shape index (κ2) is 8.33. The third kappa shape index (κ3) is 4.27. The Morgan fingerprint density at radius 2 is 1.56 bits per heavy atom. The number of hydrogen-bond acceptors (Lipinski definition) is 5. The zero-order valence-corrected chi connectivity index (χ0v) is 17.8. The molecular weight excluding hydrogens is 456 g/mol. The molecule has 11 heteroatoms. The minimum atomic E-state index is -4.09. The van der Waals surface area contributed by atoms with E-state index in [1.165, 1.54) is 48.5 Å². The SMILES string of the molecule is O=C(Nc1ccc(-n2c(=O)[nH]c3ccccc3c2=O)cc1)NS(=O)(=O)c1ccc(Cl)cc1. The first-order chi connectivity index (χ1) is 15.2. The average molecular weight is 471 g/mol. The fourth-order valence-electron chi connectivity index (χ4n) is 3.04. The summed E-state index contributed by atoms with van der Waals surface area (Å²) in [6.45, 7) is 0. The fraction of sp³-hybridized carbons (Fsp3) is 0. The van der Waals surface area contributed by atoms with Gasteiger partial charge in [-0.25, -0.2) is 27.3 Å². The van der Waals surface area contributed by atoms with E-state index in [2.05, 4.69) is 10.3 Å². The van der Waals surface area contributed by atoms with Crippen LogP contribution in [0.1, 0.15) is 0 Å². The maximum Gasteiger partial charge on any atom is 0.333 e. The van der Waals surface area contributed by atoms with Gasteiger partial charge in [-0.1, -0.05) is 23.7 Å². The van der Waals surface area contributed by atoms with E-state index in [9.17, 15) is 22.8 Å². The van der Waals surface area contributed by atoms with Crippen LogP contribution in [0.3, 0.4) is 0 Å². The number of H-pyrrole nitrogens is 1. The van der Waals surface area contributed by atoms with Gasteiger partial charge in [-0.2, -0.15) is 0 Å². The van der Waals surface area contributed by atoms with Gasteiger partial charge in [-0.3, -0.25) is 4.79 Å². The Kier molecular flexibility index (Phi) is 5.56. The Hall–Kier alpha value is -3.89. The van der Waals surface area contributed by atoms with Crippen molar-refractivity contribution in [3.63, 3.8) is 0 Å². The minimum absolute atomic E-state index is 0.123. The number of carbonyl (C=O) groups is 1. The number of halogens is 1. The highest BCUT2D eigenvalue weighted by Gasteiger charge is 2.17. The number of fused-ring (bicyclic) bond motifs is 1. The van der Waals surface area contributed by atoms with Crippen LogP contribution in [0.15, 0.2) is 87.3 Å². The van der Waals surface area contributed by atoms with Crippen molar-refractivity contribution in [3.05, 3.63) is 98.7 Å². The second-order valence-electron chi connectivity index (χ2n) is 6.68. The van der Waals surface area contributed by atoms with Crippen LogP contribution in [0.5, 0.6) is 0 Å². The van der Waals surface area contributed by atoms with Crippen LogP contribution in [-0.2, 0) is 10.0 Å². The molecule has 1 aromatic heterocycles. The monoisotopic (exact) mass is 470 g/mol. The first-order valence-electron chi connectivity index (χ1n) is 9.18. The summed E-state index contributed by atoms with van der Waals surface area (Å²) < 4.78 is 27.4. The maximum atomic E-state index is 12.7. The van der Waals surface area contributed by atoms with E-state index in [1.807, 2.05) is 4.72 Å². The molecule has 0 fully saturated rings. The zero-order valence-electron chi connectivity index (χ0n) is 16.2. The second-order valence-corrected chi connectivity index (χ2v) is 8.80.